The number of nitriles is 2. The zero-order valence-electron chi connectivity index (χ0n) is 16.8. The van der Waals surface area contributed by atoms with E-state index >= 15 is 0 Å². The van der Waals surface area contributed by atoms with Gasteiger partial charge in [-0.1, -0.05) is 0 Å². The summed E-state index contributed by atoms with van der Waals surface area (Å²) in [5.74, 6) is 0. The van der Waals surface area contributed by atoms with Crippen LogP contribution >= 0.6 is 56.7 Å². The van der Waals surface area contributed by atoms with Gasteiger partial charge in [-0.25, -0.2) is 9.97 Å². The molecule has 5 aromatic rings. The van der Waals surface area contributed by atoms with Crippen LogP contribution in [0.25, 0.3) is 42.8 Å². The molecule has 0 atom stereocenters. The van der Waals surface area contributed by atoms with Crippen LogP contribution in [-0.2, 0) is 0 Å². The third-order valence-electron chi connectivity index (χ3n) is 4.48. The Morgan fingerprint density at radius 2 is 1.06 bits per heavy atom. The summed E-state index contributed by atoms with van der Waals surface area (Å²) in [5.41, 5.74) is 1.16. The van der Waals surface area contributed by atoms with E-state index in [1.165, 1.54) is 42.2 Å². The first kappa shape index (κ1) is 21.7. The minimum Gasteiger partial charge on any atom is -0.244 e. The van der Waals surface area contributed by atoms with Crippen molar-refractivity contribution in [2.24, 2.45) is 0 Å². The summed E-state index contributed by atoms with van der Waals surface area (Å²) < 4.78 is 0. The lowest BCUT2D eigenvalue weighted by atomic mass is 10.2. The molecule has 5 rings (SSSR count). The third-order valence-corrected chi connectivity index (χ3v) is 9.64. The third kappa shape index (κ3) is 4.79. The van der Waals surface area contributed by atoms with Gasteiger partial charge in [0.15, 0.2) is 0 Å². The first-order chi connectivity index (χ1) is 16.2. The molecule has 0 bridgehead atoms. The Kier molecular flexibility index (Phi) is 6.40. The minimum absolute atomic E-state index is 0.582. The van der Waals surface area contributed by atoms with Gasteiger partial charge in [0.25, 0.3) is 0 Å². The predicted octanol–water partition coefficient (Wildman–Crippen LogP) is 8.25. The lowest BCUT2D eigenvalue weighted by Crippen LogP contribution is -1.77. The minimum atomic E-state index is 0.582. The quantitative estimate of drug-likeness (QED) is 0.213. The van der Waals surface area contributed by atoms with Crippen molar-refractivity contribution >= 4 is 80.0 Å². The second-order valence-corrected chi connectivity index (χ2v) is 11.7. The molecule has 0 spiro atoms. The van der Waals surface area contributed by atoms with Gasteiger partial charge in [0.2, 0.25) is 0 Å². The smallest absolute Gasteiger partial charge is 0.133 e. The Morgan fingerprint density at radius 3 is 1.45 bits per heavy atom. The Labute approximate surface area is 210 Å². The van der Waals surface area contributed by atoms with E-state index < -0.39 is 0 Å². The molecular weight excluding hydrogens is 505 g/mol. The van der Waals surface area contributed by atoms with Gasteiger partial charge in [-0.15, -0.1) is 56.7 Å². The molecule has 0 aromatic carbocycles. The lowest BCUT2D eigenvalue weighted by molar-refractivity contribution is 1.38. The van der Waals surface area contributed by atoms with E-state index in [0.29, 0.717) is 11.1 Å². The van der Waals surface area contributed by atoms with Gasteiger partial charge >= 0.3 is 0 Å². The van der Waals surface area contributed by atoms with Gasteiger partial charge < -0.3 is 0 Å². The maximum absolute atomic E-state index is 9.47. The SMILES string of the molecule is N#C/C(=C\c1ccc(-c2ccc(-c3ccc(/C=C(\C#N)c4nccs4)s3)s2)s1)c1nccs1. The molecular formula is C24H12N4S5. The van der Waals surface area contributed by atoms with E-state index in [9.17, 15) is 10.5 Å². The number of aromatic nitrogens is 2. The van der Waals surface area contributed by atoms with Gasteiger partial charge in [0.05, 0.1) is 11.1 Å². The van der Waals surface area contributed by atoms with Crippen LogP contribution in [0.4, 0.5) is 0 Å². The molecule has 0 radical (unpaired) electrons. The van der Waals surface area contributed by atoms with E-state index in [4.69, 9.17) is 0 Å². The molecule has 0 N–H and O–H groups in total. The number of allylic oxidation sites excluding steroid dienone is 2. The highest BCUT2D eigenvalue weighted by atomic mass is 32.1. The Bertz CT molecular complexity index is 1420. The van der Waals surface area contributed by atoms with Gasteiger partial charge in [0, 0.05) is 52.4 Å². The van der Waals surface area contributed by atoms with Crippen LogP contribution in [0.1, 0.15) is 19.8 Å². The molecule has 158 valence electrons. The van der Waals surface area contributed by atoms with Crippen molar-refractivity contribution in [1.82, 2.24) is 9.97 Å². The van der Waals surface area contributed by atoms with Crippen molar-refractivity contribution in [3.63, 3.8) is 0 Å². The van der Waals surface area contributed by atoms with E-state index in [-0.39, 0.29) is 0 Å². The molecule has 5 heterocycles. The number of nitrogens with zero attached hydrogens (tertiary/aromatic N) is 4. The maximum Gasteiger partial charge on any atom is 0.133 e. The normalized spacial score (nSPS) is 11.9. The number of rotatable bonds is 6. The summed E-state index contributed by atoms with van der Waals surface area (Å²) in [7, 11) is 0. The second-order valence-electron chi connectivity index (χ2n) is 6.58. The largest absolute Gasteiger partial charge is 0.244 e. The van der Waals surface area contributed by atoms with Crippen LogP contribution in [0, 0.1) is 22.7 Å². The number of hydrogen-bond donors (Lipinski definition) is 0. The summed E-state index contributed by atoms with van der Waals surface area (Å²) in [6.45, 7) is 0. The number of thiophene rings is 3. The van der Waals surface area contributed by atoms with Crippen LogP contribution in [-0.4, -0.2) is 9.97 Å². The molecule has 33 heavy (non-hydrogen) atoms. The van der Waals surface area contributed by atoms with Crippen LogP contribution < -0.4 is 0 Å². The summed E-state index contributed by atoms with van der Waals surface area (Å²) in [6, 6.07) is 17.0. The van der Waals surface area contributed by atoms with Crippen molar-refractivity contribution in [2.75, 3.05) is 0 Å². The zero-order chi connectivity index (χ0) is 22.6. The number of hydrogen-bond acceptors (Lipinski definition) is 9. The van der Waals surface area contributed by atoms with Crippen LogP contribution in [0.15, 0.2) is 59.6 Å². The van der Waals surface area contributed by atoms with Gasteiger partial charge in [-0.2, -0.15) is 10.5 Å². The molecule has 5 aromatic heterocycles. The fourth-order valence-corrected chi connectivity index (χ4v) is 7.31. The van der Waals surface area contributed by atoms with Crippen LogP contribution in [0.3, 0.4) is 0 Å². The van der Waals surface area contributed by atoms with Crippen molar-refractivity contribution in [3.05, 3.63) is 79.3 Å². The highest BCUT2D eigenvalue weighted by Crippen LogP contribution is 2.41. The zero-order valence-corrected chi connectivity index (χ0v) is 20.8. The molecule has 0 aliphatic carbocycles. The van der Waals surface area contributed by atoms with Crippen molar-refractivity contribution in [1.29, 1.82) is 10.5 Å². The topological polar surface area (TPSA) is 73.4 Å². The van der Waals surface area contributed by atoms with Gasteiger partial charge in [-0.05, 0) is 48.6 Å². The van der Waals surface area contributed by atoms with Crippen molar-refractivity contribution in [3.8, 4) is 31.6 Å². The highest BCUT2D eigenvalue weighted by Gasteiger charge is 2.11. The van der Waals surface area contributed by atoms with Crippen LogP contribution in [0.5, 0.6) is 0 Å². The summed E-state index contributed by atoms with van der Waals surface area (Å²) in [5, 5.41) is 24.2. The Morgan fingerprint density at radius 1 is 0.636 bits per heavy atom. The van der Waals surface area contributed by atoms with E-state index in [1.54, 1.807) is 46.4 Å². The molecule has 0 amide bonds. The molecule has 0 saturated heterocycles. The van der Waals surface area contributed by atoms with Crippen molar-refractivity contribution < 1.29 is 0 Å². The fourth-order valence-electron chi connectivity index (χ4n) is 3.01. The first-order valence-electron chi connectivity index (χ1n) is 9.57. The van der Waals surface area contributed by atoms with Gasteiger partial charge in [0.1, 0.15) is 22.2 Å². The fraction of sp³-hybridized carbons (Fsp3) is 0. The Hall–Kier alpha value is -3.18. The predicted molar refractivity (Wildman–Crippen MR) is 142 cm³/mol. The van der Waals surface area contributed by atoms with Gasteiger partial charge in [-0.3, -0.25) is 0 Å². The average Bonchev–Trinajstić information content (AvgIpc) is 3.65. The molecule has 0 aliphatic heterocycles. The van der Waals surface area contributed by atoms with Crippen LogP contribution in [0.2, 0.25) is 0 Å². The Balaban J connectivity index is 1.37. The molecule has 0 unspecified atom stereocenters. The summed E-state index contributed by atoms with van der Waals surface area (Å²) in [6.07, 6.45) is 7.22. The second kappa shape index (κ2) is 9.75. The first-order valence-corrected chi connectivity index (χ1v) is 13.8. The van der Waals surface area contributed by atoms with E-state index in [2.05, 4.69) is 46.4 Å². The monoisotopic (exact) mass is 516 g/mol. The standard InChI is InChI=1S/C24H12N4S5/c25-13-15(23-27-7-9-29-23)11-17-1-3-19(31-17)21-5-6-22(33-21)20-4-2-18(32-20)12-16(14-26)24-28-8-10-30-24/h1-12H/b15-11+,16-12+. The molecule has 0 fully saturated rings. The van der Waals surface area contributed by atoms with E-state index in [0.717, 1.165) is 19.8 Å². The van der Waals surface area contributed by atoms with Crippen molar-refractivity contribution in [2.45, 2.75) is 0 Å². The lowest BCUT2D eigenvalue weighted by Gasteiger charge is -1.93. The maximum atomic E-state index is 9.47. The molecule has 4 nitrogen and oxygen atoms in total. The number of thiazole rings is 2. The average molecular weight is 517 g/mol. The molecule has 9 heteroatoms. The van der Waals surface area contributed by atoms with E-state index in [1.807, 2.05) is 35.0 Å². The summed E-state index contributed by atoms with van der Waals surface area (Å²) >= 11 is 8.00. The summed E-state index contributed by atoms with van der Waals surface area (Å²) in [4.78, 5) is 15.2. The molecule has 0 aliphatic rings. The molecule has 0 saturated carbocycles. The highest BCUT2D eigenvalue weighted by molar-refractivity contribution is 7.26.